The second-order valence-electron chi connectivity index (χ2n) is 5.58. The molecule has 0 N–H and O–H groups in total. The third kappa shape index (κ3) is 3.57. The summed E-state index contributed by atoms with van der Waals surface area (Å²) in [7, 11) is 0. The zero-order chi connectivity index (χ0) is 16.1. The molecule has 3 rings (SSSR count). The summed E-state index contributed by atoms with van der Waals surface area (Å²) in [5.41, 5.74) is 4.74. The summed E-state index contributed by atoms with van der Waals surface area (Å²) >= 11 is 0. The van der Waals surface area contributed by atoms with Gasteiger partial charge in [0.1, 0.15) is 5.82 Å². The fourth-order valence-corrected chi connectivity index (χ4v) is 2.68. The first-order valence-electron chi connectivity index (χ1n) is 7.83. The zero-order valence-corrected chi connectivity index (χ0v) is 13.0. The highest BCUT2D eigenvalue weighted by Gasteiger charge is 2.07. The van der Waals surface area contributed by atoms with Crippen LogP contribution >= 0.6 is 0 Å². The van der Waals surface area contributed by atoms with E-state index < -0.39 is 0 Å². The number of aryl methyl sites for hydroxylation is 1. The van der Waals surface area contributed by atoms with Crippen LogP contribution in [0.5, 0.6) is 0 Å². The molecule has 0 radical (unpaired) electrons. The Morgan fingerprint density at radius 3 is 2.13 bits per heavy atom. The standard InChI is InChI=1S/C22H19F/c1-2-3-7-17-10-12-18(13-11-17)20-14-15-21(22(23)16-20)19-8-5-4-6-9-19/h2,4-6,8-16H,1,3,7H2. The van der Waals surface area contributed by atoms with Crippen molar-refractivity contribution in [3.8, 4) is 22.3 Å². The summed E-state index contributed by atoms with van der Waals surface area (Å²) < 4.78 is 14.5. The van der Waals surface area contributed by atoms with Crippen molar-refractivity contribution < 1.29 is 4.39 Å². The summed E-state index contributed by atoms with van der Waals surface area (Å²) in [5, 5.41) is 0. The fraction of sp³-hybridized carbons (Fsp3) is 0.0909. The molecule has 0 amide bonds. The van der Waals surface area contributed by atoms with Crippen LogP contribution in [0.3, 0.4) is 0 Å². The van der Waals surface area contributed by atoms with Crippen LogP contribution in [0.1, 0.15) is 12.0 Å². The van der Waals surface area contributed by atoms with Crippen LogP contribution in [0.4, 0.5) is 4.39 Å². The molecule has 1 heteroatoms. The van der Waals surface area contributed by atoms with Crippen LogP contribution in [-0.4, -0.2) is 0 Å². The molecule has 3 aromatic rings. The molecule has 0 saturated carbocycles. The summed E-state index contributed by atoms with van der Waals surface area (Å²) in [6, 6.07) is 23.4. The first-order chi connectivity index (χ1) is 11.3. The van der Waals surface area contributed by atoms with Gasteiger partial charge in [0.2, 0.25) is 0 Å². The lowest BCUT2D eigenvalue weighted by molar-refractivity contribution is 0.632. The molecule has 0 atom stereocenters. The van der Waals surface area contributed by atoms with E-state index in [9.17, 15) is 4.39 Å². The largest absolute Gasteiger partial charge is 0.206 e. The predicted octanol–water partition coefficient (Wildman–Crippen LogP) is 6.28. The molecule has 0 nitrogen and oxygen atoms in total. The van der Waals surface area contributed by atoms with Crippen molar-refractivity contribution in [2.75, 3.05) is 0 Å². The van der Waals surface area contributed by atoms with Gasteiger partial charge in [-0.05, 0) is 41.2 Å². The van der Waals surface area contributed by atoms with Crippen molar-refractivity contribution in [3.63, 3.8) is 0 Å². The number of halogens is 1. The van der Waals surface area contributed by atoms with Gasteiger partial charge in [0.05, 0.1) is 0 Å². The SMILES string of the molecule is C=CCCc1ccc(-c2ccc(-c3ccccc3)c(F)c2)cc1. The summed E-state index contributed by atoms with van der Waals surface area (Å²) in [4.78, 5) is 0. The molecule has 0 aliphatic heterocycles. The van der Waals surface area contributed by atoms with Crippen LogP contribution in [0, 0.1) is 5.82 Å². The van der Waals surface area contributed by atoms with E-state index in [4.69, 9.17) is 0 Å². The van der Waals surface area contributed by atoms with Crippen LogP contribution < -0.4 is 0 Å². The van der Waals surface area contributed by atoms with Gasteiger partial charge in [-0.3, -0.25) is 0 Å². The molecule has 0 aliphatic rings. The monoisotopic (exact) mass is 302 g/mol. The Balaban J connectivity index is 1.87. The number of rotatable bonds is 5. The van der Waals surface area contributed by atoms with Crippen LogP contribution in [0.2, 0.25) is 0 Å². The third-order valence-corrected chi connectivity index (χ3v) is 3.98. The van der Waals surface area contributed by atoms with Gasteiger partial charge in [0, 0.05) is 5.56 Å². The van der Waals surface area contributed by atoms with Gasteiger partial charge in [0.25, 0.3) is 0 Å². The first kappa shape index (κ1) is 15.2. The van der Waals surface area contributed by atoms with E-state index in [1.165, 1.54) is 5.56 Å². The minimum atomic E-state index is -0.190. The van der Waals surface area contributed by atoms with Crippen molar-refractivity contribution in [1.29, 1.82) is 0 Å². The maximum atomic E-state index is 14.5. The lowest BCUT2D eigenvalue weighted by Gasteiger charge is -2.08. The summed E-state index contributed by atoms with van der Waals surface area (Å²) in [5.74, 6) is -0.190. The van der Waals surface area contributed by atoms with Gasteiger partial charge >= 0.3 is 0 Å². The van der Waals surface area contributed by atoms with Crippen molar-refractivity contribution in [1.82, 2.24) is 0 Å². The molecule has 0 fully saturated rings. The highest BCUT2D eigenvalue weighted by Crippen LogP contribution is 2.28. The summed E-state index contributed by atoms with van der Waals surface area (Å²) in [6.45, 7) is 3.74. The zero-order valence-electron chi connectivity index (χ0n) is 13.0. The quantitative estimate of drug-likeness (QED) is 0.487. The molecule has 0 saturated heterocycles. The Kier molecular flexibility index (Phi) is 4.68. The first-order valence-corrected chi connectivity index (χ1v) is 7.83. The van der Waals surface area contributed by atoms with Crippen molar-refractivity contribution in [2.45, 2.75) is 12.8 Å². The molecule has 0 unspecified atom stereocenters. The maximum Gasteiger partial charge on any atom is 0.131 e. The second-order valence-corrected chi connectivity index (χ2v) is 5.58. The molecule has 0 heterocycles. The normalized spacial score (nSPS) is 10.5. The van der Waals surface area contributed by atoms with Crippen LogP contribution in [0.25, 0.3) is 22.3 Å². The fourth-order valence-electron chi connectivity index (χ4n) is 2.68. The number of hydrogen-bond donors (Lipinski definition) is 0. The van der Waals surface area contributed by atoms with E-state index in [0.717, 1.165) is 29.5 Å². The topological polar surface area (TPSA) is 0 Å². The van der Waals surface area contributed by atoms with Gasteiger partial charge < -0.3 is 0 Å². The van der Waals surface area contributed by atoms with Crippen molar-refractivity contribution in [2.24, 2.45) is 0 Å². The van der Waals surface area contributed by atoms with Gasteiger partial charge in [-0.15, -0.1) is 6.58 Å². The Morgan fingerprint density at radius 1 is 0.783 bits per heavy atom. The Morgan fingerprint density at radius 2 is 1.48 bits per heavy atom. The van der Waals surface area contributed by atoms with Gasteiger partial charge in [-0.1, -0.05) is 72.8 Å². The molecule has 0 bridgehead atoms. The molecule has 3 aromatic carbocycles. The Bertz CT molecular complexity index is 786. The minimum Gasteiger partial charge on any atom is -0.206 e. The Labute approximate surface area is 136 Å². The maximum absolute atomic E-state index is 14.5. The molecule has 0 aliphatic carbocycles. The summed E-state index contributed by atoms with van der Waals surface area (Å²) in [6.07, 6.45) is 3.89. The third-order valence-electron chi connectivity index (χ3n) is 3.98. The molecular formula is C22H19F. The lowest BCUT2D eigenvalue weighted by Crippen LogP contribution is -1.87. The van der Waals surface area contributed by atoms with Gasteiger partial charge in [0.15, 0.2) is 0 Å². The number of allylic oxidation sites excluding steroid dienone is 1. The molecule has 23 heavy (non-hydrogen) atoms. The average molecular weight is 302 g/mol. The van der Waals surface area contributed by atoms with Crippen LogP contribution in [-0.2, 0) is 6.42 Å². The highest BCUT2D eigenvalue weighted by molar-refractivity contribution is 5.71. The van der Waals surface area contributed by atoms with Crippen LogP contribution in [0.15, 0.2) is 85.5 Å². The van der Waals surface area contributed by atoms with Crippen molar-refractivity contribution in [3.05, 3.63) is 96.8 Å². The highest BCUT2D eigenvalue weighted by atomic mass is 19.1. The van der Waals surface area contributed by atoms with Crippen molar-refractivity contribution >= 4 is 0 Å². The van der Waals surface area contributed by atoms with E-state index in [0.29, 0.717) is 5.56 Å². The van der Waals surface area contributed by atoms with Gasteiger partial charge in [-0.25, -0.2) is 4.39 Å². The number of benzene rings is 3. The molecule has 114 valence electrons. The van der Waals surface area contributed by atoms with E-state index in [1.54, 1.807) is 6.07 Å². The average Bonchev–Trinajstić information content (AvgIpc) is 2.61. The lowest BCUT2D eigenvalue weighted by atomic mass is 9.98. The van der Waals surface area contributed by atoms with E-state index >= 15 is 0 Å². The Hall–Kier alpha value is -2.67. The van der Waals surface area contributed by atoms with E-state index in [-0.39, 0.29) is 5.82 Å². The smallest absolute Gasteiger partial charge is 0.131 e. The molecular weight excluding hydrogens is 283 g/mol. The molecule has 0 aromatic heterocycles. The predicted molar refractivity (Wildman–Crippen MR) is 95.8 cm³/mol. The minimum absolute atomic E-state index is 0.190. The van der Waals surface area contributed by atoms with E-state index in [2.05, 4.69) is 30.8 Å². The molecule has 0 spiro atoms. The second kappa shape index (κ2) is 7.06. The van der Waals surface area contributed by atoms with Gasteiger partial charge in [-0.2, -0.15) is 0 Å². The number of hydrogen-bond acceptors (Lipinski definition) is 0. The van der Waals surface area contributed by atoms with E-state index in [1.807, 2.05) is 48.5 Å².